The third kappa shape index (κ3) is 4.11. The van der Waals surface area contributed by atoms with Gasteiger partial charge in [0.1, 0.15) is 0 Å². The number of hydrogen-bond donors (Lipinski definition) is 1. The highest BCUT2D eigenvalue weighted by Crippen LogP contribution is 2.24. The first kappa shape index (κ1) is 19.9. The molecule has 0 bridgehead atoms. The van der Waals surface area contributed by atoms with Crippen molar-refractivity contribution in [3.05, 3.63) is 66.2 Å². The van der Waals surface area contributed by atoms with Crippen molar-refractivity contribution in [2.24, 2.45) is 15.3 Å². The summed E-state index contributed by atoms with van der Waals surface area (Å²) in [5.41, 5.74) is 1.60. The zero-order valence-electron chi connectivity index (χ0n) is 15.7. The van der Waals surface area contributed by atoms with Gasteiger partial charge in [-0.1, -0.05) is 18.2 Å². The third-order valence-corrected chi connectivity index (χ3v) is 6.36. The highest BCUT2D eigenvalue weighted by Gasteiger charge is 2.34. The summed E-state index contributed by atoms with van der Waals surface area (Å²) in [6.07, 6.45) is 1.51. The predicted octanol–water partition coefficient (Wildman–Crippen LogP) is 3.82. The summed E-state index contributed by atoms with van der Waals surface area (Å²) in [5, 5.41) is 15.7. The Morgan fingerprint density at radius 3 is 2.50 bits per heavy atom. The smallest absolute Gasteiger partial charge is 0.269 e. The van der Waals surface area contributed by atoms with E-state index in [1.54, 1.807) is 24.4 Å². The van der Waals surface area contributed by atoms with Gasteiger partial charge in [0.05, 0.1) is 22.0 Å². The van der Waals surface area contributed by atoms with Crippen molar-refractivity contribution in [1.82, 2.24) is 4.98 Å². The summed E-state index contributed by atoms with van der Waals surface area (Å²) in [7, 11) is -3.74. The fourth-order valence-corrected chi connectivity index (χ4v) is 4.50. The van der Waals surface area contributed by atoms with Gasteiger partial charge in [-0.05, 0) is 43.3 Å². The maximum Gasteiger partial charge on any atom is 0.280 e. The molecular formula is C19H16N6O3S2. The molecule has 0 aliphatic carbocycles. The van der Waals surface area contributed by atoms with Gasteiger partial charge in [0.25, 0.3) is 15.9 Å². The number of carbonyl (C=O) groups excluding carboxylic acids is 1. The van der Waals surface area contributed by atoms with E-state index in [1.807, 2.05) is 18.2 Å². The molecule has 0 fully saturated rings. The topological polar surface area (TPSA) is 116 Å². The van der Waals surface area contributed by atoms with Crippen LogP contribution in [-0.2, 0) is 14.8 Å². The Balaban J connectivity index is 1.47. The zero-order chi connectivity index (χ0) is 21.1. The molecule has 152 valence electrons. The number of sulfonamides is 1. The monoisotopic (exact) mass is 440 g/mol. The van der Waals surface area contributed by atoms with Crippen LogP contribution in [0.3, 0.4) is 0 Å². The van der Waals surface area contributed by atoms with Crippen LogP contribution in [0.1, 0.15) is 6.92 Å². The van der Waals surface area contributed by atoms with Crippen LogP contribution in [0, 0.1) is 0 Å². The van der Waals surface area contributed by atoms with Gasteiger partial charge < -0.3 is 0 Å². The third-order valence-electron chi connectivity index (χ3n) is 4.19. The normalized spacial score (nSPS) is 16.8. The number of thiazole rings is 1. The van der Waals surface area contributed by atoms with Gasteiger partial charge in [-0.15, -0.1) is 11.3 Å². The summed E-state index contributed by atoms with van der Waals surface area (Å²) >= 11 is 1.19. The van der Waals surface area contributed by atoms with Crippen molar-refractivity contribution in [3.63, 3.8) is 0 Å². The van der Waals surface area contributed by atoms with Crippen LogP contribution in [0.4, 0.5) is 16.5 Å². The van der Waals surface area contributed by atoms with Crippen molar-refractivity contribution in [2.45, 2.75) is 17.9 Å². The number of nitrogens with one attached hydrogen (secondary N) is 1. The molecule has 1 aromatic heterocycles. The highest BCUT2D eigenvalue weighted by atomic mass is 32.2. The standard InChI is InChI=1S/C19H16N6O3S2/c1-13-17(18(26)25(23-13)15-5-3-2-4-6-15)22-21-14-7-9-16(10-8-14)30(27,28)24-19-20-11-12-29-19/h2-12,17H,1H3,(H,20,24)/t17-/m0/s1. The van der Waals surface area contributed by atoms with Crippen LogP contribution >= 0.6 is 11.3 Å². The lowest BCUT2D eigenvalue weighted by molar-refractivity contribution is -0.117. The average molecular weight is 441 g/mol. The fraction of sp³-hybridized carbons (Fsp3) is 0.105. The quantitative estimate of drug-likeness (QED) is 0.586. The minimum Gasteiger partial charge on any atom is -0.269 e. The minimum absolute atomic E-state index is 0.0709. The molecular weight excluding hydrogens is 424 g/mol. The zero-order valence-corrected chi connectivity index (χ0v) is 17.3. The number of anilines is 2. The van der Waals surface area contributed by atoms with Gasteiger partial charge in [0, 0.05) is 11.6 Å². The Morgan fingerprint density at radius 1 is 1.10 bits per heavy atom. The predicted molar refractivity (Wildman–Crippen MR) is 115 cm³/mol. The molecule has 9 nitrogen and oxygen atoms in total. The van der Waals surface area contributed by atoms with Crippen molar-refractivity contribution < 1.29 is 13.2 Å². The molecule has 1 amide bonds. The van der Waals surface area contributed by atoms with Crippen LogP contribution in [0.2, 0.25) is 0 Å². The number of carbonyl (C=O) groups is 1. The van der Waals surface area contributed by atoms with E-state index in [9.17, 15) is 13.2 Å². The SMILES string of the molecule is CC1=NN(c2ccccc2)C(=O)[C@H]1N=Nc1ccc(S(=O)(=O)Nc2nccs2)cc1. The first-order valence-electron chi connectivity index (χ1n) is 8.81. The van der Waals surface area contributed by atoms with Gasteiger partial charge in [-0.2, -0.15) is 20.3 Å². The number of hydrogen-bond acceptors (Lipinski definition) is 8. The Morgan fingerprint density at radius 2 is 1.83 bits per heavy atom. The van der Waals surface area contributed by atoms with Gasteiger partial charge in [0.15, 0.2) is 11.2 Å². The van der Waals surface area contributed by atoms with Crippen LogP contribution < -0.4 is 9.73 Å². The number of nitrogens with zero attached hydrogens (tertiary/aromatic N) is 5. The molecule has 1 aliphatic heterocycles. The van der Waals surface area contributed by atoms with Crippen molar-refractivity contribution in [3.8, 4) is 0 Å². The molecule has 2 heterocycles. The molecule has 1 atom stereocenters. The summed E-state index contributed by atoms with van der Waals surface area (Å²) in [5.74, 6) is -0.297. The largest absolute Gasteiger partial charge is 0.280 e. The van der Waals surface area contributed by atoms with Crippen LogP contribution in [0.25, 0.3) is 0 Å². The van der Waals surface area contributed by atoms with E-state index >= 15 is 0 Å². The Hall–Kier alpha value is -3.44. The lowest BCUT2D eigenvalue weighted by Gasteiger charge is -2.11. The van der Waals surface area contributed by atoms with Gasteiger partial charge >= 0.3 is 0 Å². The van der Waals surface area contributed by atoms with E-state index in [4.69, 9.17) is 0 Å². The number of rotatable bonds is 6. The Labute approximate surface area is 176 Å². The molecule has 2 aromatic carbocycles. The molecule has 1 N–H and O–H groups in total. The second-order valence-corrected chi connectivity index (χ2v) is 8.86. The van der Waals surface area contributed by atoms with E-state index in [2.05, 4.69) is 25.0 Å². The molecule has 0 spiro atoms. The molecule has 0 saturated heterocycles. The molecule has 4 rings (SSSR count). The van der Waals surface area contributed by atoms with E-state index in [1.165, 1.54) is 46.8 Å². The number of para-hydroxylation sites is 1. The summed E-state index contributed by atoms with van der Waals surface area (Å²) in [4.78, 5) is 16.6. The second kappa shape index (κ2) is 8.13. The fourth-order valence-electron chi connectivity index (χ4n) is 2.71. The van der Waals surface area contributed by atoms with E-state index < -0.39 is 16.1 Å². The van der Waals surface area contributed by atoms with E-state index in [-0.39, 0.29) is 15.9 Å². The molecule has 0 saturated carbocycles. The molecule has 30 heavy (non-hydrogen) atoms. The molecule has 11 heteroatoms. The Bertz CT molecular complexity index is 1210. The minimum atomic E-state index is -3.74. The second-order valence-electron chi connectivity index (χ2n) is 6.28. The summed E-state index contributed by atoms with van der Waals surface area (Å²) in [6.45, 7) is 1.71. The first-order valence-corrected chi connectivity index (χ1v) is 11.2. The van der Waals surface area contributed by atoms with Gasteiger partial charge in [0.2, 0.25) is 0 Å². The van der Waals surface area contributed by atoms with Gasteiger partial charge in [-0.3, -0.25) is 9.52 Å². The average Bonchev–Trinajstić information content (AvgIpc) is 3.35. The van der Waals surface area contributed by atoms with Crippen LogP contribution in [0.15, 0.2) is 86.4 Å². The number of benzene rings is 2. The number of amides is 1. The molecule has 1 aliphatic rings. The van der Waals surface area contributed by atoms with E-state index in [0.717, 1.165) is 0 Å². The molecule has 0 radical (unpaired) electrons. The lowest BCUT2D eigenvalue weighted by Crippen LogP contribution is -2.29. The first-order chi connectivity index (χ1) is 14.4. The summed E-state index contributed by atoms with van der Waals surface area (Å²) < 4.78 is 27.1. The number of azo groups is 1. The van der Waals surface area contributed by atoms with Crippen molar-refractivity contribution in [2.75, 3.05) is 9.73 Å². The maximum absolute atomic E-state index is 12.6. The summed E-state index contributed by atoms with van der Waals surface area (Å²) in [6, 6.07) is 14.1. The highest BCUT2D eigenvalue weighted by molar-refractivity contribution is 7.93. The van der Waals surface area contributed by atoms with Crippen molar-refractivity contribution in [1.29, 1.82) is 0 Å². The van der Waals surface area contributed by atoms with Crippen LogP contribution in [-0.4, -0.2) is 31.1 Å². The van der Waals surface area contributed by atoms with Crippen LogP contribution in [0.5, 0.6) is 0 Å². The lowest BCUT2D eigenvalue weighted by atomic mass is 10.2. The Kier molecular flexibility index (Phi) is 5.38. The van der Waals surface area contributed by atoms with Gasteiger partial charge in [-0.25, -0.2) is 13.4 Å². The van der Waals surface area contributed by atoms with Crippen molar-refractivity contribution >= 4 is 49.5 Å². The van der Waals surface area contributed by atoms with E-state index in [0.29, 0.717) is 17.1 Å². The maximum atomic E-state index is 12.6. The number of hydrazone groups is 1. The number of aromatic nitrogens is 1. The molecule has 0 unspecified atom stereocenters. The molecule has 3 aromatic rings.